The van der Waals surface area contributed by atoms with E-state index in [1.807, 2.05) is 23.2 Å². The second kappa shape index (κ2) is 9.34. The minimum absolute atomic E-state index is 0.0269. The summed E-state index contributed by atoms with van der Waals surface area (Å²) in [7, 11) is 2.07. The fraction of sp³-hybridized carbons (Fsp3) is 0.450. The molecule has 0 unspecified atom stereocenters. The van der Waals surface area contributed by atoms with Crippen molar-refractivity contribution in [2.45, 2.75) is 12.8 Å². The van der Waals surface area contributed by atoms with E-state index in [1.165, 1.54) is 11.8 Å². The molecule has 0 aliphatic carbocycles. The predicted molar refractivity (Wildman–Crippen MR) is 119 cm³/mol. The summed E-state index contributed by atoms with van der Waals surface area (Å²) in [5.74, 6) is 1.23. The Kier molecular flexibility index (Phi) is 6.57. The van der Waals surface area contributed by atoms with Crippen molar-refractivity contribution >= 4 is 46.2 Å². The molecule has 0 aromatic heterocycles. The maximum absolute atomic E-state index is 12.8. The summed E-state index contributed by atoms with van der Waals surface area (Å²) < 4.78 is 11.2. The van der Waals surface area contributed by atoms with E-state index in [-0.39, 0.29) is 18.6 Å². The molecule has 0 radical (unpaired) electrons. The lowest BCUT2D eigenvalue weighted by molar-refractivity contribution is -0.127. The Bertz CT molecular complexity index is 884. The van der Waals surface area contributed by atoms with Gasteiger partial charge in [0.05, 0.1) is 4.91 Å². The van der Waals surface area contributed by atoms with Gasteiger partial charge in [-0.25, -0.2) is 5.01 Å². The highest BCUT2D eigenvalue weighted by molar-refractivity contribution is 8.26. The van der Waals surface area contributed by atoms with Crippen molar-refractivity contribution in [3.05, 3.63) is 28.7 Å². The van der Waals surface area contributed by atoms with E-state index in [2.05, 4.69) is 17.4 Å². The third-order valence-corrected chi connectivity index (χ3v) is 6.52. The molecule has 10 heteroatoms. The van der Waals surface area contributed by atoms with Gasteiger partial charge in [-0.3, -0.25) is 19.9 Å². The van der Waals surface area contributed by atoms with E-state index in [4.69, 9.17) is 21.7 Å². The Morgan fingerprint density at radius 1 is 1.23 bits per heavy atom. The Morgan fingerprint density at radius 3 is 2.80 bits per heavy atom. The van der Waals surface area contributed by atoms with Crippen LogP contribution in [-0.2, 0) is 9.59 Å². The average Bonchev–Trinajstić information content (AvgIpc) is 3.29. The first-order valence-electron chi connectivity index (χ1n) is 9.87. The van der Waals surface area contributed by atoms with Crippen LogP contribution in [0.25, 0.3) is 6.08 Å². The number of rotatable bonds is 6. The topological polar surface area (TPSA) is 74.4 Å². The molecule has 0 saturated carbocycles. The average molecular weight is 449 g/mol. The number of piperazine rings is 1. The molecule has 2 fully saturated rings. The van der Waals surface area contributed by atoms with Crippen LogP contribution in [-0.4, -0.2) is 77.5 Å². The Morgan fingerprint density at radius 2 is 2.00 bits per heavy atom. The zero-order chi connectivity index (χ0) is 21.1. The Labute approximate surface area is 185 Å². The van der Waals surface area contributed by atoms with Gasteiger partial charge in [0.1, 0.15) is 4.32 Å². The van der Waals surface area contributed by atoms with Crippen LogP contribution < -0.4 is 14.9 Å². The van der Waals surface area contributed by atoms with Gasteiger partial charge in [-0.1, -0.05) is 30.0 Å². The fourth-order valence-electron chi connectivity index (χ4n) is 3.40. The molecular formula is C20H24N4O4S2. The van der Waals surface area contributed by atoms with E-state index in [0.717, 1.165) is 31.7 Å². The number of thioether (sulfide) groups is 1. The summed E-state index contributed by atoms with van der Waals surface area (Å²) in [6, 6.07) is 5.55. The fourth-order valence-corrected chi connectivity index (χ4v) is 4.70. The van der Waals surface area contributed by atoms with Crippen LogP contribution in [0.15, 0.2) is 23.1 Å². The van der Waals surface area contributed by atoms with E-state index < -0.39 is 0 Å². The van der Waals surface area contributed by atoms with Gasteiger partial charge in [-0.15, -0.1) is 0 Å². The molecule has 0 atom stereocenters. The van der Waals surface area contributed by atoms with E-state index in [9.17, 15) is 9.59 Å². The molecule has 1 aromatic carbocycles. The van der Waals surface area contributed by atoms with Crippen molar-refractivity contribution in [1.82, 2.24) is 20.2 Å². The molecule has 2 amide bonds. The van der Waals surface area contributed by atoms with E-state index >= 15 is 0 Å². The molecule has 1 N–H and O–H groups in total. The highest BCUT2D eigenvalue weighted by Gasteiger charge is 2.31. The Balaban J connectivity index is 1.27. The van der Waals surface area contributed by atoms with Crippen LogP contribution >= 0.6 is 24.0 Å². The summed E-state index contributed by atoms with van der Waals surface area (Å²) in [5.41, 5.74) is 3.79. The van der Waals surface area contributed by atoms with Gasteiger partial charge in [0, 0.05) is 39.1 Å². The van der Waals surface area contributed by atoms with Crippen molar-refractivity contribution in [2.75, 3.05) is 46.6 Å². The molecule has 0 bridgehead atoms. The lowest BCUT2D eigenvalue weighted by atomic mass is 10.2. The first-order valence-corrected chi connectivity index (χ1v) is 11.1. The van der Waals surface area contributed by atoms with Crippen LogP contribution in [0.2, 0.25) is 0 Å². The highest BCUT2D eigenvalue weighted by Crippen LogP contribution is 2.36. The number of hydrogen-bond acceptors (Lipinski definition) is 8. The maximum atomic E-state index is 12.8. The maximum Gasteiger partial charge on any atom is 0.266 e. The zero-order valence-electron chi connectivity index (χ0n) is 16.8. The summed E-state index contributed by atoms with van der Waals surface area (Å²) >= 11 is 6.66. The number of hydrazine groups is 1. The van der Waals surface area contributed by atoms with Crippen LogP contribution in [0.4, 0.5) is 0 Å². The van der Waals surface area contributed by atoms with Crippen molar-refractivity contribution in [3.8, 4) is 11.5 Å². The summed E-state index contributed by atoms with van der Waals surface area (Å²) in [6.07, 6.45) is 2.72. The molecule has 4 rings (SSSR count). The van der Waals surface area contributed by atoms with Crippen LogP contribution in [0.5, 0.6) is 11.5 Å². The van der Waals surface area contributed by atoms with Crippen molar-refractivity contribution in [2.24, 2.45) is 0 Å². The first kappa shape index (κ1) is 21.1. The minimum Gasteiger partial charge on any atom is -0.454 e. The van der Waals surface area contributed by atoms with Gasteiger partial charge in [-0.2, -0.15) is 0 Å². The molecule has 1 aromatic rings. The monoisotopic (exact) mass is 448 g/mol. The minimum atomic E-state index is -0.123. The van der Waals surface area contributed by atoms with Gasteiger partial charge in [0.15, 0.2) is 11.5 Å². The number of amides is 2. The lowest BCUT2D eigenvalue weighted by Crippen LogP contribution is -2.52. The van der Waals surface area contributed by atoms with E-state index in [0.29, 0.717) is 40.1 Å². The molecule has 3 aliphatic rings. The first-order chi connectivity index (χ1) is 14.5. The Hall–Kier alpha value is -2.14. The molecular weight excluding hydrogens is 424 g/mol. The number of carbonyl (C=O) groups is 2. The number of carbonyl (C=O) groups excluding carboxylic acids is 2. The zero-order valence-corrected chi connectivity index (χ0v) is 18.4. The molecule has 2 saturated heterocycles. The third kappa shape index (κ3) is 4.94. The molecule has 30 heavy (non-hydrogen) atoms. The van der Waals surface area contributed by atoms with Crippen LogP contribution in [0.1, 0.15) is 18.4 Å². The van der Waals surface area contributed by atoms with Gasteiger partial charge in [-0.05, 0) is 37.2 Å². The SMILES string of the molecule is CN1CCN(NC(=O)CCCN2C(=O)/C(=C\c3ccc4c(c3)OCO4)SC2=S)CC1. The van der Waals surface area contributed by atoms with Crippen LogP contribution in [0, 0.1) is 0 Å². The van der Waals surface area contributed by atoms with Gasteiger partial charge in [0.25, 0.3) is 5.91 Å². The van der Waals surface area contributed by atoms with Gasteiger partial charge >= 0.3 is 0 Å². The second-order valence-corrected chi connectivity index (χ2v) is 9.05. The summed E-state index contributed by atoms with van der Waals surface area (Å²) in [4.78, 5) is 29.3. The number of fused-ring (bicyclic) bond motifs is 1. The lowest BCUT2D eigenvalue weighted by Gasteiger charge is -2.32. The van der Waals surface area contributed by atoms with Crippen molar-refractivity contribution in [1.29, 1.82) is 0 Å². The quantitative estimate of drug-likeness (QED) is 0.521. The van der Waals surface area contributed by atoms with Gasteiger partial charge < -0.3 is 14.4 Å². The number of likely N-dealkylation sites (N-methyl/N-ethyl adjacent to an activating group) is 1. The molecule has 160 valence electrons. The van der Waals surface area contributed by atoms with E-state index in [1.54, 1.807) is 11.0 Å². The van der Waals surface area contributed by atoms with Crippen molar-refractivity contribution < 1.29 is 19.1 Å². The number of hydrogen-bond donors (Lipinski definition) is 1. The van der Waals surface area contributed by atoms with Gasteiger partial charge in [0.2, 0.25) is 12.7 Å². The molecule has 8 nitrogen and oxygen atoms in total. The number of ether oxygens (including phenoxy) is 2. The summed E-state index contributed by atoms with van der Waals surface area (Å²) in [6.45, 7) is 4.16. The number of benzene rings is 1. The molecule has 0 spiro atoms. The molecule has 3 heterocycles. The van der Waals surface area contributed by atoms with Crippen LogP contribution in [0.3, 0.4) is 0 Å². The van der Waals surface area contributed by atoms with Crippen molar-refractivity contribution in [3.63, 3.8) is 0 Å². The number of nitrogens with one attached hydrogen (secondary N) is 1. The largest absolute Gasteiger partial charge is 0.454 e. The smallest absolute Gasteiger partial charge is 0.266 e. The molecule has 3 aliphatic heterocycles. The summed E-state index contributed by atoms with van der Waals surface area (Å²) in [5, 5.41) is 1.95. The highest BCUT2D eigenvalue weighted by atomic mass is 32.2. The third-order valence-electron chi connectivity index (χ3n) is 5.14. The predicted octanol–water partition coefficient (Wildman–Crippen LogP) is 1.68. The number of nitrogens with zero attached hydrogens (tertiary/aromatic N) is 3. The second-order valence-electron chi connectivity index (χ2n) is 7.37. The standard InChI is InChI=1S/C20H24N4O4S2/c1-22-7-9-23(10-8-22)21-18(25)3-2-6-24-19(26)17(30-20(24)29)12-14-4-5-15-16(11-14)28-13-27-15/h4-5,11-12H,2-3,6-10,13H2,1H3,(H,21,25)/b17-12+. The normalized spacial score (nSPS) is 21.0. The number of thiocarbonyl (C=S) groups is 1.